The number of benzene rings is 1. The van der Waals surface area contributed by atoms with E-state index in [4.69, 9.17) is 0 Å². The molecule has 1 aromatic heterocycles. The molecule has 2 rings (SSSR count). The van der Waals surface area contributed by atoms with E-state index in [1.165, 1.54) is 11.1 Å². The van der Waals surface area contributed by atoms with Gasteiger partial charge in [-0.2, -0.15) is 0 Å². The van der Waals surface area contributed by atoms with Crippen LogP contribution >= 0.6 is 27.3 Å². The van der Waals surface area contributed by atoms with Crippen molar-refractivity contribution < 1.29 is 4.39 Å². The quantitative estimate of drug-likeness (QED) is 0.746. The molecule has 1 unspecified atom stereocenters. The van der Waals surface area contributed by atoms with Gasteiger partial charge in [-0.1, -0.05) is 13.0 Å². The normalized spacial score (nSPS) is 12.6. The molecule has 0 aliphatic rings. The Labute approximate surface area is 132 Å². The summed E-state index contributed by atoms with van der Waals surface area (Å²) in [6.07, 6.45) is 1.99. The second kappa shape index (κ2) is 7.34. The molecule has 20 heavy (non-hydrogen) atoms. The van der Waals surface area contributed by atoms with Crippen LogP contribution in [-0.4, -0.2) is 6.54 Å². The minimum absolute atomic E-state index is 0.164. The van der Waals surface area contributed by atoms with Crippen LogP contribution in [-0.2, 0) is 6.42 Å². The highest BCUT2D eigenvalue weighted by atomic mass is 79.9. The highest BCUT2D eigenvalue weighted by molar-refractivity contribution is 9.11. The smallest absolute Gasteiger partial charge is 0.123 e. The summed E-state index contributed by atoms with van der Waals surface area (Å²) in [7, 11) is 0. The number of rotatable bonds is 6. The van der Waals surface area contributed by atoms with Crippen LogP contribution in [0.15, 0.2) is 33.4 Å². The summed E-state index contributed by atoms with van der Waals surface area (Å²) < 4.78 is 14.3. The fourth-order valence-electron chi connectivity index (χ4n) is 2.24. The number of aryl methyl sites for hydroxylation is 1. The third-order valence-corrected chi connectivity index (χ3v) is 4.88. The predicted octanol–water partition coefficient (Wildman–Crippen LogP) is 5.24. The third kappa shape index (κ3) is 4.14. The van der Waals surface area contributed by atoms with E-state index in [1.54, 1.807) is 23.5 Å². The number of halogens is 2. The van der Waals surface area contributed by atoms with E-state index in [2.05, 4.69) is 39.6 Å². The van der Waals surface area contributed by atoms with Gasteiger partial charge < -0.3 is 5.32 Å². The van der Waals surface area contributed by atoms with Gasteiger partial charge in [0.05, 0.1) is 3.79 Å². The molecule has 108 valence electrons. The number of hydrogen-bond donors (Lipinski definition) is 1. The summed E-state index contributed by atoms with van der Waals surface area (Å²) in [5.41, 5.74) is 3.50. The molecule has 0 aliphatic carbocycles. The number of nitrogens with one attached hydrogen (secondary N) is 1. The second-order valence-electron chi connectivity index (χ2n) is 4.97. The van der Waals surface area contributed by atoms with E-state index in [1.807, 2.05) is 13.0 Å². The monoisotopic (exact) mass is 355 g/mol. The first-order valence-corrected chi connectivity index (χ1v) is 8.49. The van der Waals surface area contributed by atoms with Crippen LogP contribution in [0.25, 0.3) is 0 Å². The van der Waals surface area contributed by atoms with Crippen molar-refractivity contribution in [1.82, 2.24) is 5.32 Å². The number of hydrogen-bond acceptors (Lipinski definition) is 2. The van der Waals surface area contributed by atoms with Gasteiger partial charge in [-0.05, 0) is 82.5 Å². The molecule has 2 aromatic rings. The Morgan fingerprint density at radius 1 is 1.35 bits per heavy atom. The average Bonchev–Trinajstić information content (AvgIpc) is 2.83. The summed E-state index contributed by atoms with van der Waals surface area (Å²) in [5, 5.41) is 5.76. The molecule has 1 heterocycles. The van der Waals surface area contributed by atoms with Crippen molar-refractivity contribution in [2.45, 2.75) is 32.7 Å². The van der Waals surface area contributed by atoms with Crippen LogP contribution in [0.2, 0.25) is 0 Å². The van der Waals surface area contributed by atoms with Gasteiger partial charge in [0.2, 0.25) is 0 Å². The van der Waals surface area contributed by atoms with E-state index in [0.717, 1.165) is 28.7 Å². The Kier molecular flexibility index (Phi) is 5.75. The number of thiophene rings is 1. The lowest BCUT2D eigenvalue weighted by Gasteiger charge is -2.19. The fraction of sp³-hybridized carbons (Fsp3) is 0.375. The van der Waals surface area contributed by atoms with Crippen molar-refractivity contribution >= 4 is 27.3 Å². The molecule has 0 bridgehead atoms. The highest BCUT2D eigenvalue weighted by Crippen LogP contribution is 2.28. The molecule has 1 N–H and O–H groups in total. The summed E-state index contributed by atoms with van der Waals surface area (Å²) in [6, 6.07) is 7.49. The molecular formula is C16H19BrFNS. The van der Waals surface area contributed by atoms with Gasteiger partial charge in [0, 0.05) is 6.04 Å². The summed E-state index contributed by atoms with van der Waals surface area (Å²) in [4.78, 5) is 0. The van der Waals surface area contributed by atoms with E-state index >= 15 is 0 Å². The Balaban J connectivity index is 2.18. The van der Waals surface area contributed by atoms with Crippen LogP contribution in [0.5, 0.6) is 0 Å². The molecule has 0 spiro atoms. The predicted molar refractivity (Wildman–Crippen MR) is 87.9 cm³/mol. The lowest BCUT2D eigenvalue weighted by atomic mass is 9.97. The van der Waals surface area contributed by atoms with Crippen LogP contribution in [0.3, 0.4) is 0 Å². The standard InChI is InChI=1S/C16H19BrFNS/c1-3-6-19-15(13-9-16(17)20-10-13)8-12-4-5-14(18)7-11(12)2/h4-5,7,9-10,15,19H,3,6,8H2,1-2H3. The summed E-state index contributed by atoms with van der Waals surface area (Å²) in [5.74, 6) is -0.164. The van der Waals surface area contributed by atoms with Gasteiger partial charge in [0.25, 0.3) is 0 Å². The minimum atomic E-state index is -0.164. The molecule has 4 heteroatoms. The van der Waals surface area contributed by atoms with Gasteiger partial charge in [-0.3, -0.25) is 0 Å². The fourth-order valence-corrected chi connectivity index (χ4v) is 3.47. The first kappa shape index (κ1) is 15.7. The van der Waals surface area contributed by atoms with E-state index in [-0.39, 0.29) is 11.9 Å². The maximum Gasteiger partial charge on any atom is 0.123 e. The average molecular weight is 356 g/mol. The maximum absolute atomic E-state index is 13.2. The molecule has 0 fully saturated rings. The molecule has 0 saturated heterocycles. The summed E-state index contributed by atoms with van der Waals surface area (Å²) >= 11 is 5.22. The second-order valence-corrected chi connectivity index (χ2v) is 7.26. The van der Waals surface area contributed by atoms with Crippen molar-refractivity contribution in [2.24, 2.45) is 0 Å². The van der Waals surface area contributed by atoms with Gasteiger partial charge in [0.1, 0.15) is 5.82 Å². The van der Waals surface area contributed by atoms with Crippen LogP contribution in [0.1, 0.15) is 36.1 Å². The molecule has 1 nitrogen and oxygen atoms in total. The van der Waals surface area contributed by atoms with Crippen molar-refractivity contribution in [3.63, 3.8) is 0 Å². The SMILES string of the molecule is CCCNC(Cc1ccc(F)cc1C)c1csc(Br)c1. The molecule has 0 aliphatic heterocycles. The van der Waals surface area contributed by atoms with Gasteiger partial charge >= 0.3 is 0 Å². The maximum atomic E-state index is 13.2. The largest absolute Gasteiger partial charge is 0.310 e. The zero-order valence-corrected chi connectivity index (χ0v) is 14.2. The van der Waals surface area contributed by atoms with Crippen molar-refractivity contribution in [3.8, 4) is 0 Å². The molecular weight excluding hydrogens is 337 g/mol. The highest BCUT2D eigenvalue weighted by Gasteiger charge is 2.14. The first-order chi connectivity index (χ1) is 9.60. The zero-order valence-electron chi connectivity index (χ0n) is 11.7. The van der Waals surface area contributed by atoms with Crippen LogP contribution in [0, 0.1) is 12.7 Å². The van der Waals surface area contributed by atoms with Crippen molar-refractivity contribution in [1.29, 1.82) is 0 Å². The Hall–Kier alpha value is -0.710. The van der Waals surface area contributed by atoms with Gasteiger partial charge in [0.15, 0.2) is 0 Å². The molecule has 0 amide bonds. The van der Waals surface area contributed by atoms with Gasteiger partial charge in [-0.25, -0.2) is 4.39 Å². The van der Waals surface area contributed by atoms with Crippen LogP contribution in [0.4, 0.5) is 4.39 Å². The van der Waals surface area contributed by atoms with Gasteiger partial charge in [-0.15, -0.1) is 11.3 Å². The van der Waals surface area contributed by atoms with Crippen molar-refractivity contribution in [2.75, 3.05) is 6.54 Å². The Morgan fingerprint density at radius 3 is 2.75 bits per heavy atom. The molecule has 0 radical (unpaired) electrons. The topological polar surface area (TPSA) is 12.0 Å². The Morgan fingerprint density at radius 2 is 2.15 bits per heavy atom. The molecule has 1 aromatic carbocycles. The minimum Gasteiger partial charge on any atom is -0.310 e. The Bertz CT molecular complexity index is 567. The third-order valence-electron chi connectivity index (χ3n) is 3.36. The first-order valence-electron chi connectivity index (χ1n) is 6.82. The van der Waals surface area contributed by atoms with Crippen molar-refractivity contribution in [3.05, 3.63) is 55.9 Å². The van der Waals surface area contributed by atoms with E-state index in [0.29, 0.717) is 0 Å². The van der Waals surface area contributed by atoms with E-state index in [9.17, 15) is 4.39 Å². The lowest BCUT2D eigenvalue weighted by Crippen LogP contribution is -2.24. The molecule has 0 saturated carbocycles. The van der Waals surface area contributed by atoms with Crippen LogP contribution < -0.4 is 5.32 Å². The lowest BCUT2D eigenvalue weighted by molar-refractivity contribution is 0.528. The van der Waals surface area contributed by atoms with E-state index < -0.39 is 0 Å². The molecule has 1 atom stereocenters. The zero-order chi connectivity index (χ0) is 14.5. The summed E-state index contributed by atoms with van der Waals surface area (Å²) in [6.45, 7) is 5.12.